The molecule has 1 amide bonds. The van der Waals surface area contributed by atoms with Gasteiger partial charge in [0, 0.05) is 24.5 Å². The molecule has 2 heterocycles. The Morgan fingerprint density at radius 2 is 2.33 bits per heavy atom. The molecule has 0 aliphatic carbocycles. The fraction of sp³-hybridized carbons (Fsp3) is 0.500. The lowest BCUT2D eigenvalue weighted by molar-refractivity contribution is -0.136. The second-order valence-electron chi connectivity index (χ2n) is 5.28. The largest absolute Gasteiger partial charge is 0.399 e. The van der Waals surface area contributed by atoms with Crippen molar-refractivity contribution in [1.82, 2.24) is 0 Å². The van der Waals surface area contributed by atoms with Crippen LogP contribution in [0.15, 0.2) is 18.2 Å². The molecule has 1 aromatic rings. The molecule has 0 spiro atoms. The van der Waals surface area contributed by atoms with Crippen LogP contribution in [0.1, 0.15) is 25.3 Å². The Morgan fingerprint density at radius 1 is 1.50 bits per heavy atom. The summed E-state index contributed by atoms with van der Waals surface area (Å²) >= 11 is 0. The van der Waals surface area contributed by atoms with Crippen LogP contribution in [-0.2, 0) is 16.0 Å². The summed E-state index contributed by atoms with van der Waals surface area (Å²) in [6.45, 7) is 3.32. The number of nitrogens with two attached hydrogens (primary N) is 1. The number of amides is 1. The SMILES string of the molecule is CC1(C(=O)N2CCc3cc(N)ccc32)CCCO1. The van der Waals surface area contributed by atoms with Gasteiger partial charge in [-0.3, -0.25) is 4.79 Å². The van der Waals surface area contributed by atoms with E-state index in [-0.39, 0.29) is 5.91 Å². The number of carbonyl (C=O) groups is 1. The predicted molar refractivity (Wildman–Crippen MR) is 70.5 cm³/mol. The molecule has 2 N–H and O–H groups in total. The Hall–Kier alpha value is -1.55. The number of fused-ring (bicyclic) bond motifs is 1. The highest BCUT2D eigenvalue weighted by Crippen LogP contribution is 2.35. The van der Waals surface area contributed by atoms with Crippen LogP contribution in [0.5, 0.6) is 0 Å². The van der Waals surface area contributed by atoms with Crippen molar-refractivity contribution in [3.63, 3.8) is 0 Å². The Labute approximate surface area is 107 Å². The first-order valence-electron chi connectivity index (χ1n) is 6.44. The molecular formula is C14H18N2O2. The van der Waals surface area contributed by atoms with Crippen molar-refractivity contribution in [2.24, 2.45) is 0 Å². The highest BCUT2D eigenvalue weighted by atomic mass is 16.5. The second kappa shape index (κ2) is 3.99. The Morgan fingerprint density at radius 3 is 3.06 bits per heavy atom. The third kappa shape index (κ3) is 1.68. The third-order valence-corrected chi connectivity index (χ3v) is 3.92. The maximum absolute atomic E-state index is 12.6. The first kappa shape index (κ1) is 11.5. The van der Waals surface area contributed by atoms with Crippen LogP contribution in [0.3, 0.4) is 0 Å². The van der Waals surface area contributed by atoms with E-state index < -0.39 is 5.60 Å². The molecule has 1 atom stereocenters. The van der Waals surface area contributed by atoms with Gasteiger partial charge < -0.3 is 15.4 Å². The average Bonchev–Trinajstić information content (AvgIpc) is 2.95. The number of carbonyl (C=O) groups excluding carboxylic acids is 1. The van der Waals surface area contributed by atoms with Crippen molar-refractivity contribution in [3.8, 4) is 0 Å². The third-order valence-electron chi connectivity index (χ3n) is 3.92. The monoisotopic (exact) mass is 246 g/mol. The Kier molecular flexibility index (Phi) is 2.55. The molecule has 0 aromatic heterocycles. The lowest BCUT2D eigenvalue weighted by Gasteiger charge is -2.28. The summed E-state index contributed by atoms with van der Waals surface area (Å²) in [6.07, 6.45) is 2.65. The molecule has 1 saturated heterocycles. The zero-order valence-electron chi connectivity index (χ0n) is 10.6. The Balaban J connectivity index is 1.90. The van der Waals surface area contributed by atoms with Crippen molar-refractivity contribution in [1.29, 1.82) is 0 Å². The van der Waals surface area contributed by atoms with E-state index >= 15 is 0 Å². The lowest BCUT2D eigenvalue weighted by Crippen LogP contribution is -2.46. The molecular weight excluding hydrogens is 228 g/mol. The first-order valence-corrected chi connectivity index (χ1v) is 6.44. The molecule has 0 bridgehead atoms. The molecule has 0 radical (unpaired) electrons. The van der Waals surface area contributed by atoms with Crippen LogP contribution in [-0.4, -0.2) is 24.7 Å². The predicted octanol–water partition coefficient (Wildman–Crippen LogP) is 1.73. The molecule has 2 aliphatic heterocycles. The lowest BCUT2D eigenvalue weighted by atomic mass is 10.0. The minimum Gasteiger partial charge on any atom is -0.399 e. The van der Waals surface area contributed by atoms with Gasteiger partial charge in [-0.1, -0.05) is 0 Å². The van der Waals surface area contributed by atoms with E-state index in [1.165, 1.54) is 0 Å². The molecule has 96 valence electrons. The molecule has 3 rings (SSSR count). The fourth-order valence-electron chi connectivity index (χ4n) is 2.87. The van der Waals surface area contributed by atoms with Crippen LogP contribution in [0.4, 0.5) is 11.4 Å². The van der Waals surface area contributed by atoms with Gasteiger partial charge in [0.05, 0.1) is 0 Å². The smallest absolute Gasteiger partial charge is 0.258 e. The van der Waals surface area contributed by atoms with Crippen molar-refractivity contribution in [2.75, 3.05) is 23.8 Å². The van der Waals surface area contributed by atoms with E-state index in [9.17, 15) is 4.79 Å². The molecule has 1 fully saturated rings. The van der Waals surface area contributed by atoms with Crippen LogP contribution in [0.2, 0.25) is 0 Å². The van der Waals surface area contributed by atoms with Gasteiger partial charge in [-0.15, -0.1) is 0 Å². The zero-order valence-corrected chi connectivity index (χ0v) is 10.6. The topological polar surface area (TPSA) is 55.6 Å². The van der Waals surface area contributed by atoms with Gasteiger partial charge in [0.25, 0.3) is 5.91 Å². The van der Waals surface area contributed by atoms with E-state index in [4.69, 9.17) is 10.5 Å². The van der Waals surface area contributed by atoms with Gasteiger partial charge in [-0.05, 0) is 49.9 Å². The molecule has 2 aliphatic rings. The van der Waals surface area contributed by atoms with Gasteiger partial charge in [-0.2, -0.15) is 0 Å². The van der Waals surface area contributed by atoms with Crippen LogP contribution >= 0.6 is 0 Å². The number of rotatable bonds is 1. The molecule has 4 nitrogen and oxygen atoms in total. The number of ether oxygens (including phenoxy) is 1. The maximum Gasteiger partial charge on any atom is 0.258 e. The second-order valence-corrected chi connectivity index (χ2v) is 5.28. The Bertz CT molecular complexity index is 493. The first-order chi connectivity index (χ1) is 8.60. The van der Waals surface area contributed by atoms with Gasteiger partial charge >= 0.3 is 0 Å². The number of nitrogen functional groups attached to an aromatic ring is 1. The normalized spacial score (nSPS) is 26.4. The van der Waals surface area contributed by atoms with Gasteiger partial charge in [0.2, 0.25) is 0 Å². The van der Waals surface area contributed by atoms with E-state index in [1.54, 1.807) is 0 Å². The summed E-state index contributed by atoms with van der Waals surface area (Å²) in [7, 11) is 0. The highest BCUT2D eigenvalue weighted by Gasteiger charge is 2.42. The van der Waals surface area contributed by atoms with Crippen LogP contribution in [0, 0.1) is 0 Å². The van der Waals surface area contributed by atoms with Gasteiger partial charge in [0.15, 0.2) is 0 Å². The maximum atomic E-state index is 12.6. The molecule has 1 unspecified atom stereocenters. The van der Waals surface area contributed by atoms with E-state index in [0.29, 0.717) is 6.61 Å². The van der Waals surface area contributed by atoms with E-state index in [1.807, 2.05) is 30.0 Å². The van der Waals surface area contributed by atoms with E-state index in [0.717, 1.165) is 42.7 Å². The van der Waals surface area contributed by atoms with Crippen molar-refractivity contribution >= 4 is 17.3 Å². The minimum atomic E-state index is -0.636. The number of anilines is 2. The number of hydrogen-bond donors (Lipinski definition) is 1. The van der Waals surface area contributed by atoms with Gasteiger partial charge in [-0.25, -0.2) is 0 Å². The molecule has 4 heteroatoms. The number of nitrogens with zero attached hydrogens (tertiary/aromatic N) is 1. The highest BCUT2D eigenvalue weighted by molar-refractivity contribution is 6.01. The molecule has 18 heavy (non-hydrogen) atoms. The summed E-state index contributed by atoms with van der Waals surface area (Å²) in [5.41, 5.74) is 8.04. The van der Waals surface area contributed by atoms with Crippen LogP contribution < -0.4 is 10.6 Å². The van der Waals surface area contributed by atoms with Gasteiger partial charge in [0.1, 0.15) is 5.60 Å². The summed E-state index contributed by atoms with van der Waals surface area (Å²) in [4.78, 5) is 14.4. The molecule has 1 aromatic carbocycles. The van der Waals surface area contributed by atoms with Crippen molar-refractivity contribution in [2.45, 2.75) is 31.8 Å². The van der Waals surface area contributed by atoms with Crippen molar-refractivity contribution < 1.29 is 9.53 Å². The van der Waals surface area contributed by atoms with Crippen LogP contribution in [0.25, 0.3) is 0 Å². The summed E-state index contributed by atoms with van der Waals surface area (Å²) in [5, 5.41) is 0. The summed E-state index contributed by atoms with van der Waals surface area (Å²) < 4.78 is 5.64. The standard InChI is InChI=1S/C14H18N2O2/c1-14(6-2-8-18-14)13(17)16-7-5-10-9-11(15)3-4-12(10)16/h3-4,9H,2,5-8,15H2,1H3. The zero-order chi connectivity index (χ0) is 12.8. The molecule has 0 saturated carbocycles. The summed E-state index contributed by atoms with van der Waals surface area (Å²) in [6, 6.07) is 5.75. The quantitative estimate of drug-likeness (QED) is 0.768. The average molecular weight is 246 g/mol. The summed E-state index contributed by atoms with van der Waals surface area (Å²) in [5.74, 6) is 0.0866. The fourth-order valence-corrected chi connectivity index (χ4v) is 2.87. The van der Waals surface area contributed by atoms with E-state index in [2.05, 4.69) is 0 Å². The number of hydrogen-bond acceptors (Lipinski definition) is 3. The van der Waals surface area contributed by atoms with Crippen molar-refractivity contribution in [3.05, 3.63) is 23.8 Å². The number of benzene rings is 1. The minimum absolute atomic E-state index is 0.0866.